The molecule has 0 bridgehead atoms. The number of H-pyrrole nitrogens is 1. The molecule has 0 saturated heterocycles. The number of benzene rings is 3. The van der Waals surface area contributed by atoms with Crippen molar-refractivity contribution in [1.82, 2.24) is 25.1 Å². The van der Waals surface area contributed by atoms with Crippen molar-refractivity contribution in [2.24, 2.45) is 0 Å². The van der Waals surface area contributed by atoms with E-state index in [0.29, 0.717) is 11.3 Å². The summed E-state index contributed by atoms with van der Waals surface area (Å²) in [6, 6.07) is 32.9. The van der Waals surface area contributed by atoms with Crippen molar-refractivity contribution in [1.29, 1.82) is 0 Å². The number of aromatic nitrogens is 4. The van der Waals surface area contributed by atoms with Crippen LogP contribution in [0.1, 0.15) is 80.9 Å². The van der Waals surface area contributed by atoms with Gasteiger partial charge in [0.25, 0.3) is 5.91 Å². The molecule has 3 aromatic heterocycles. The fourth-order valence-corrected chi connectivity index (χ4v) is 6.94. The SMILES string of the molecule is Cc1c(C2(c3ccc(C(F)(F)F)nc3)CC2)c[nH]c1C(=O)NC(C)c1cnn(C(c2ccccc2)(c2ccccc2)c2ccccc2)c1. The first kappa shape index (κ1) is 31.2. The zero-order valence-corrected chi connectivity index (χ0v) is 26.5. The highest BCUT2D eigenvalue weighted by atomic mass is 19.4. The van der Waals surface area contributed by atoms with Crippen molar-refractivity contribution in [3.63, 3.8) is 0 Å². The quantitative estimate of drug-likeness (QED) is 0.155. The lowest BCUT2D eigenvalue weighted by Gasteiger charge is -2.36. The summed E-state index contributed by atoms with van der Waals surface area (Å²) in [5, 5.41) is 8.04. The Morgan fingerprint density at radius 1 is 0.854 bits per heavy atom. The molecule has 1 fully saturated rings. The number of nitrogens with one attached hydrogen (secondary N) is 2. The van der Waals surface area contributed by atoms with Gasteiger partial charge < -0.3 is 10.3 Å². The van der Waals surface area contributed by atoms with Crippen LogP contribution in [-0.4, -0.2) is 25.7 Å². The molecule has 1 saturated carbocycles. The van der Waals surface area contributed by atoms with Gasteiger partial charge >= 0.3 is 6.18 Å². The number of amides is 1. The van der Waals surface area contributed by atoms with E-state index in [2.05, 4.69) is 51.7 Å². The van der Waals surface area contributed by atoms with Crippen molar-refractivity contribution in [3.05, 3.63) is 178 Å². The number of hydrogen-bond acceptors (Lipinski definition) is 3. The first-order chi connectivity index (χ1) is 23.1. The summed E-state index contributed by atoms with van der Waals surface area (Å²) >= 11 is 0. The van der Waals surface area contributed by atoms with E-state index in [9.17, 15) is 18.0 Å². The van der Waals surface area contributed by atoms with Gasteiger partial charge in [-0.2, -0.15) is 18.3 Å². The van der Waals surface area contributed by atoms with E-state index < -0.39 is 22.8 Å². The number of pyridine rings is 1. The topological polar surface area (TPSA) is 75.6 Å². The van der Waals surface area contributed by atoms with Gasteiger partial charge in [0.2, 0.25) is 0 Å². The second-order valence-electron chi connectivity index (χ2n) is 12.4. The van der Waals surface area contributed by atoms with E-state index in [1.807, 2.05) is 79.3 Å². The summed E-state index contributed by atoms with van der Waals surface area (Å²) < 4.78 is 41.3. The van der Waals surface area contributed by atoms with Crippen molar-refractivity contribution in [2.45, 2.75) is 49.9 Å². The highest BCUT2D eigenvalue weighted by Gasteiger charge is 2.48. The number of rotatable bonds is 9. The summed E-state index contributed by atoms with van der Waals surface area (Å²) in [5.41, 5.74) is 4.60. The first-order valence-electron chi connectivity index (χ1n) is 15.9. The standard InChI is InChI=1S/C39H34F3N5O/c1-26-33(37(20-21-37)32-18-19-34(43-23-32)39(40,41)42)24-44-35(26)36(48)46-27(2)28-22-45-47(25-28)38(29-12-6-3-7-13-29,30-14-8-4-9-15-30)31-16-10-5-11-17-31/h3-19,22-25,27,44H,20-21H2,1-2H3,(H,46,48). The lowest BCUT2D eigenvalue weighted by Crippen LogP contribution is -2.38. The van der Waals surface area contributed by atoms with Gasteiger partial charge in [0, 0.05) is 29.6 Å². The molecule has 48 heavy (non-hydrogen) atoms. The molecule has 6 aromatic rings. The first-order valence-corrected chi connectivity index (χ1v) is 15.9. The molecule has 242 valence electrons. The van der Waals surface area contributed by atoms with E-state index in [4.69, 9.17) is 5.10 Å². The largest absolute Gasteiger partial charge is 0.433 e. The Kier molecular flexibility index (Phi) is 7.78. The number of halogens is 3. The molecule has 3 aromatic carbocycles. The Morgan fingerprint density at radius 3 is 1.90 bits per heavy atom. The second-order valence-corrected chi connectivity index (χ2v) is 12.4. The predicted octanol–water partition coefficient (Wildman–Crippen LogP) is 8.34. The Balaban J connectivity index is 1.18. The van der Waals surface area contributed by atoms with Crippen molar-refractivity contribution < 1.29 is 18.0 Å². The summed E-state index contributed by atoms with van der Waals surface area (Å²) in [6.07, 6.45) is 3.92. The molecule has 1 unspecified atom stereocenters. The number of hydrogen-bond donors (Lipinski definition) is 2. The molecule has 3 heterocycles. The zero-order chi connectivity index (χ0) is 33.5. The molecule has 1 aliphatic rings. The number of aromatic amines is 1. The highest BCUT2D eigenvalue weighted by molar-refractivity contribution is 5.94. The number of carbonyl (C=O) groups is 1. The van der Waals surface area contributed by atoms with Gasteiger partial charge in [0.1, 0.15) is 16.9 Å². The maximum absolute atomic E-state index is 13.7. The lowest BCUT2D eigenvalue weighted by atomic mass is 9.77. The Hall–Kier alpha value is -5.44. The van der Waals surface area contributed by atoms with Gasteiger partial charge in [-0.25, -0.2) is 0 Å². The van der Waals surface area contributed by atoms with Crippen LogP contribution in [0.15, 0.2) is 128 Å². The Bertz CT molecular complexity index is 1930. The molecule has 0 aliphatic heterocycles. The summed E-state index contributed by atoms with van der Waals surface area (Å²) in [4.78, 5) is 20.5. The number of nitrogens with zero attached hydrogens (tertiary/aromatic N) is 3. The van der Waals surface area contributed by atoms with Crippen LogP contribution in [0, 0.1) is 6.92 Å². The van der Waals surface area contributed by atoms with Gasteiger partial charge in [-0.1, -0.05) is 97.1 Å². The third-order valence-corrected chi connectivity index (χ3v) is 9.61. The summed E-state index contributed by atoms with van der Waals surface area (Å²) in [7, 11) is 0. The van der Waals surface area contributed by atoms with Gasteiger partial charge in [-0.05, 0) is 66.1 Å². The molecule has 9 heteroatoms. The fourth-order valence-electron chi connectivity index (χ4n) is 6.94. The molecule has 1 amide bonds. The van der Waals surface area contributed by atoms with Gasteiger partial charge in [0.15, 0.2) is 0 Å². The van der Waals surface area contributed by atoms with Crippen LogP contribution >= 0.6 is 0 Å². The molecule has 0 radical (unpaired) electrons. The van der Waals surface area contributed by atoms with Crippen LogP contribution in [0.2, 0.25) is 0 Å². The normalized spacial score (nSPS) is 14.8. The summed E-state index contributed by atoms with van der Waals surface area (Å²) in [6.45, 7) is 3.79. The lowest BCUT2D eigenvalue weighted by molar-refractivity contribution is -0.141. The average molecular weight is 646 g/mol. The van der Waals surface area contributed by atoms with Crippen molar-refractivity contribution in [2.75, 3.05) is 0 Å². The van der Waals surface area contributed by atoms with Crippen LogP contribution in [0.5, 0.6) is 0 Å². The summed E-state index contributed by atoms with van der Waals surface area (Å²) in [5.74, 6) is -0.277. The third kappa shape index (κ3) is 5.29. The molecule has 6 nitrogen and oxygen atoms in total. The maximum atomic E-state index is 13.7. The van der Waals surface area contributed by atoms with E-state index in [0.717, 1.165) is 52.3 Å². The van der Waals surface area contributed by atoms with Crippen LogP contribution in [-0.2, 0) is 17.1 Å². The van der Waals surface area contributed by atoms with Crippen LogP contribution in [0.4, 0.5) is 13.2 Å². The van der Waals surface area contributed by atoms with E-state index in [1.165, 1.54) is 12.3 Å². The second kappa shape index (κ2) is 12.0. The van der Waals surface area contributed by atoms with E-state index in [-0.39, 0.29) is 11.9 Å². The van der Waals surface area contributed by atoms with Gasteiger partial charge in [-0.15, -0.1) is 0 Å². The zero-order valence-electron chi connectivity index (χ0n) is 26.5. The average Bonchev–Trinajstić information content (AvgIpc) is 3.57. The minimum Gasteiger partial charge on any atom is -0.357 e. The predicted molar refractivity (Wildman–Crippen MR) is 177 cm³/mol. The Morgan fingerprint density at radius 2 is 1.42 bits per heavy atom. The van der Waals surface area contributed by atoms with Gasteiger partial charge in [0.05, 0.1) is 12.2 Å². The van der Waals surface area contributed by atoms with Crippen LogP contribution in [0.25, 0.3) is 0 Å². The number of carbonyl (C=O) groups excluding carboxylic acids is 1. The van der Waals surface area contributed by atoms with Crippen molar-refractivity contribution >= 4 is 5.91 Å². The fraction of sp³-hybridized carbons (Fsp3) is 0.205. The van der Waals surface area contributed by atoms with E-state index in [1.54, 1.807) is 12.4 Å². The minimum absolute atomic E-state index is 0.277. The van der Waals surface area contributed by atoms with Gasteiger partial charge in [-0.3, -0.25) is 14.5 Å². The van der Waals surface area contributed by atoms with Crippen molar-refractivity contribution in [3.8, 4) is 0 Å². The Labute approximate surface area is 276 Å². The van der Waals surface area contributed by atoms with Crippen LogP contribution < -0.4 is 5.32 Å². The molecular formula is C39H34F3N5O. The maximum Gasteiger partial charge on any atom is 0.433 e. The number of alkyl halides is 3. The monoisotopic (exact) mass is 645 g/mol. The molecule has 1 atom stereocenters. The third-order valence-electron chi connectivity index (χ3n) is 9.61. The highest BCUT2D eigenvalue weighted by Crippen LogP contribution is 2.54. The minimum atomic E-state index is -4.50. The smallest absolute Gasteiger partial charge is 0.357 e. The molecular weight excluding hydrogens is 611 g/mol. The van der Waals surface area contributed by atoms with E-state index >= 15 is 0 Å². The molecule has 7 rings (SSSR count). The molecule has 2 N–H and O–H groups in total. The molecule has 0 spiro atoms. The van der Waals surface area contributed by atoms with Crippen LogP contribution in [0.3, 0.4) is 0 Å². The molecule has 1 aliphatic carbocycles.